The van der Waals surface area contributed by atoms with Crippen molar-refractivity contribution in [2.24, 2.45) is 11.8 Å². The van der Waals surface area contributed by atoms with Gasteiger partial charge in [-0.05, 0) is 44.4 Å². The van der Waals surface area contributed by atoms with Gasteiger partial charge < -0.3 is 15.5 Å². The number of rotatable bonds is 5. The molecule has 0 radical (unpaired) electrons. The minimum Gasteiger partial charge on any atom is -0.389 e. The van der Waals surface area contributed by atoms with Crippen LogP contribution in [0.25, 0.3) is 0 Å². The molecule has 3 N–H and O–H groups in total. The molecule has 1 rings (SSSR count). The molecular weight excluding hydrogens is 214 g/mol. The van der Waals surface area contributed by atoms with Gasteiger partial charge in [0.05, 0.1) is 11.2 Å². The van der Waals surface area contributed by atoms with Gasteiger partial charge in [0.25, 0.3) is 0 Å². The van der Waals surface area contributed by atoms with Gasteiger partial charge in [-0.25, -0.2) is 0 Å². The highest BCUT2D eigenvalue weighted by atomic mass is 16.3. The summed E-state index contributed by atoms with van der Waals surface area (Å²) in [5.74, 6) is 0.963. The molecule has 0 aromatic carbocycles. The number of hydrogen-bond acceptors (Lipinski definition) is 3. The molecule has 17 heavy (non-hydrogen) atoms. The fourth-order valence-corrected chi connectivity index (χ4v) is 2.23. The van der Waals surface area contributed by atoms with E-state index in [0.29, 0.717) is 13.1 Å². The quantitative estimate of drug-likeness (QED) is 0.691. The Bertz CT molecular complexity index is 230. The minimum atomic E-state index is -0.696. The molecule has 1 aliphatic carbocycles. The van der Waals surface area contributed by atoms with Crippen LogP contribution in [0.2, 0.25) is 0 Å². The molecule has 0 saturated heterocycles. The highest BCUT2D eigenvalue weighted by molar-refractivity contribution is 4.88. The molecule has 0 heterocycles. The van der Waals surface area contributed by atoms with Crippen LogP contribution in [0.3, 0.4) is 0 Å². The first-order chi connectivity index (χ1) is 7.75. The summed E-state index contributed by atoms with van der Waals surface area (Å²) in [6, 6.07) is 0. The molecule has 3 nitrogen and oxygen atoms in total. The average Bonchev–Trinajstić information content (AvgIpc) is 2.22. The Labute approximate surface area is 106 Å². The first-order valence-corrected chi connectivity index (χ1v) is 6.91. The van der Waals surface area contributed by atoms with Crippen molar-refractivity contribution in [3.63, 3.8) is 0 Å². The molecular formula is C14H29NO2. The van der Waals surface area contributed by atoms with E-state index in [1.165, 1.54) is 0 Å². The van der Waals surface area contributed by atoms with Gasteiger partial charge in [-0.1, -0.05) is 20.8 Å². The maximum absolute atomic E-state index is 10.4. The molecule has 1 unspecified atom stereocenters. The van der Waals surface area contributed by atoms with Crippen molar-refractivity contribution in [2.45, 2.75) is 64.6 Å². The van der Waals surface area contributed by atoms with Gasteiger partial charge in [0.15, 0.2) is 0 Å². The van der Waals surface area contributed by atoms with Gasteiger partial charge in [-0.15, -0.1) is 0 Å². The SMILES string of the molecule is CC1CCC(O)(CNCC(C)(O)C(C)C)CC1. The van der Waals surface area contributed by atoms with Crippen molar-refractivity contribution in [1.82, 2.24) is 5.32 Å². The lowest BCUT2D eigenvalue weighted by molar-refractivity contribution is -0.0210. The van der Waals surface area contributed by atoms with E-state index in [1.54, 1.807) is 0 Å². The lowest BCUT2D eigenvalue weighted by atomic mass is 9.79. The van der Waals surface area contributed by atoms with E-state index in [2.05, 4.69) is 12.2 Å². The summed E-state index contributed by atoms with van der Waals surface area (Å²) >= 11 is 0. The molecule has 0 aromatic heterocycles. The van der Waals surface area contributed by atoms with Crippen LogP contribution in [0.15, 0.2) is 0 Å². The molecule has 1 atom stereocenters. The van der Waals surface area contributed by atoms with Crippen molar-refractivity contribution in [3.8, 4) is 0 Å². The van der Waals surface area contributed by atoms with E-state index in [-0.39, 0.29) is 5.92 Å². The zero-order chi connectivity index (χ0) is 13.1. The fraction of sp³-hybridized carbons (Fsp3) is 1.00. The van der Waals surface area contributed by atoms with Crippen molar-refractivity contribution in [3.05, 3.63) is 0 Å². The average molecular weight is 243 g/mol. The Balaban J connectivity index is 2.31. The second-order valence-corrected chi connectivity index (χ2v) is 6.52. The summed E-state index contributed by atoms with van der Waals surface area (Å²) in [7, 11) is 0. The second kappa shape index (κ2) is 5.68. The van der Waals surface area contributed by atoms with Gasteiger partial charge in [0, 0.05) is 13.1 Å². The standard InChI is InChI=1S/C14H29NO2/c1-11(2)13(4,16)9-15-10-14(17)7-5-12(3)6-8-14/h11-12,15-17H,5-10H2,1-4H3. The lowest BCUT2D eigenvalue weighted by Crippen LogP contribution is -2.49. The van der Waals surface area contributed by atoms with Crippen molar-refractivity contribution in [1.29, 1.82) is 0 Å². The van der Waals surface area contributed by atoms with Crippen molar-refractivity contribution >= 4 is 0 Å². The Morgan fingerprint density at radius 1 is 1.35 bits per heavy atom. The third-order valence-corrected chi connectivity index (χ3v) is 4.39. The van der Waals surface area contributed by atoms with Crippen LogP contribution in [0.1, 0.15) is 53.4 Å². The van der Waals surface area contributed by atoms with Gasteiger partial charge in [-0.3, -0.25) is 0 Å². The maximum atomic E-state index is 10.4. The summed E-state index contributed by atoms with van der Waals surface area (Å²) in [6.07, 6.45) is 3.98. The zero-order valence-corrected chi connectivity index (χ0v) is 11.8. The molecule has 0 bridgehead atoms. The minimum absolute atomic E-state index is 0.219. The van der Waals surface area contributed by atoms with Crippen LogP contribution in [0, 0.1) is 11.8 Å². The third kappa shape index (κ3) is 4.57. The first kappa shape index (κ1) is 14.9. The van der Waals surface area contributed by atoms with E-state index in [1.807, 2.05) is 20.8 Å². The van der Waals surface area contributed by atoms with Gasteiger partial charge in [0.1, 0.15) is 0 Å². The molecule has 3 heteroatoms. The fourth-order valence-electron chi connectivity index (χ4n) is 2.23. The molecule has 1 saturated carbocycles. The zero-order valence-electron chi connectivity index (χ0n) is 11.8. The van der Waals surface area contributed by atoms with Crippen LogP contribution in [0.5, 0.6) is 0 Å². The topological polar surface area (TPSA) is 52.5 Å². The summed E-state index contributed by atoms with van der Waals surface area (Å²) in [5.41, 5.74) is -1.25. The smallest absolute Gasteiger partial charge is 0.0771 e. The molecule has 102 valence electrons. The van der Waals surface area contributed by atoms with Crippen LogP contribution in [0.4, 0.5) is 0 Å². The van der Waals surface area contributed by atoms with Crippen molar-refractivity contribution in [2.75, 3.05) is 13.1 Å². The van der Waals surface area contributed by atoms with Gasteiger partial charge >= 0.3 is 0 Å². The summed E-state index contributed by atoms with van der Waals surface area (Å²) in [4.78, 5) is 0. The monoisotopic (exact) mass is 243 g/mol. The van der Waals surface area contributed by atoms with Crippen LogP contribution in [-0.2, 0) is 0 Å². The molecule has 0 aromatic rings. The van der Waals surface area contributed by atoms with Gasteiger partial charge in [0.2, 0.25) is 0 Å². The highest BCUT2D eigenvalue weighted by Crippen LogP contribution is 2.31. The van der Waals surface area contributed by atoms with Crippen LogP contribution < -0.4 is 5.32 Å². The summed E-state index contributed by atoms with van der Waals surface area (Å²) in [5, 5.41) is 23.7. The third-order valence-electron chi connectivity index (χ3n) is 4.39. The molecule has 0 aliphatic heterocycles. The summed E-state index contributed by atoms with van der Waals surface area (Å²) in [6.45, 7) is 9.26. The summed E-state index contributed by atoms with van der Waals surface area (Å²) < 4.78 is 0. The Kier molecular flexibility index (Phi) is 4.99. The lowest BCUT2D eigenvalue weighted by Gasteiger charge is -2.36. The normalized spacial score (nSPS) is 33.7. The van der Waals surface area contributed by atoms with E-state index < -0.39 is 11.2 Å². The number of aliphatic hydroxyl groups is 2. The number of nitrogens with one attached hydrogen (secondary N) is 1. The van der Waals surface area contributed by atoms with E-state index in [0.717, 1.165) is 31.6 Å². The first-order valence-electron chi connectivity index (χ1n) is 6.91. The Hall–Kier alpha value is -0.120. The molecule has 1 aliphatic rings. The molecule has 0 spiro atoms. The van der Waals surface area contributed by atoms with Crippen molar-refractivity contribution < 1.29 is 10.2 Å². The van der Waals surface area contributed by atoms with E-state index in [9.17, 15) is 10.2 Å². The largest absolute Gasteiger partial charge is 0.389 e. The molecule has 0 amide bonds. The van der Waals surface area contributed by atoms with Gasteiger partial charge in [-0.2, -0.15) is 0 Å². The Morgan fingerprint density at radius 2 is 1.88 bits per heavy atom. The molecule has 1 fully saturated rings. The van der Waals surface area contributed by atoms with E-state index >= 15 is 0 Å². The van der Waals surface area contributed by atoms with E-state index in [4.69, 9.17) is 0 Å². The number of hydrogen-bond donors (Lipinski definition) is 3. The van der Waals surface area contributed by atoms with Crippen LogP contribution in [-0.4, -0.2) is 34.5 Å². The highest BCUT2D eigenvalue weighted by Gasteiger charge is 2.32. The predicted molar refractivity (Wildman–Crippen MR) is 70.9 cm³/mol. The maximum Gasteiger partial charge on any atom is 0.0771 e. The van der Waals surface area contributed by atoms with Crippen LogP contribution >= 0.6 is 0 Å². The predicted octanol–water partition coefficient (Wildman–Crippen LogP) is 1.92. The second-order valence-electron chi connectivity index (χ2n) is 6.52. The Morgan fingerprint density at radius 3 is 2.35 bits per heavy atom.